The summed E-state index contributed by atoms with van der Waals surface area (Å²) < 4.78 is 40.6. The molecule has 6 nitrogen and oxygen atoms in total. The van der Waals surface area contributed by atoms with Gasteiger partial charge in [0.1, 0.15) is 5.75 Å². The van der Waals surface area contributed by atoms with Crippen LogP contribution in [-0.2, 0) is 6.54 Å². The predicted octanol–water partition coefficient (Wildman–Crippen LogP) is 5.43. The average molecular weight is 422 g/mol. The van der Waals surface area contributed by atoms with E-state index in [-0.39, 0.29) is 12.3 Å². The van der Waals surface area contributed by atoms with Crippen molar-refractivity contribution in [3.63, 3.8) is 0 Å². The molecule has 0 aliphatic carbocycles. The Hall–Kier alpha value is -3.03. The van der Waals surface area contributed by atoms with Gasteiger partial charge in [0, 0.05) is 23.9 Å². The molecule has 2 rings (SSSR count). The fourth-order valence-corrected chi connectivity index (χ4v) is 2.75. The second-order valence-electron chi connectivity index (χ2n) is 7.04. The summed E-state index contributed by atoms with van der Waals surface area (Å²) in [5, 5.41) is 5.33. The molecule has 8 heteroatoms. The lowest BCUT2D eigenvalue weighted by Gasteiger charge is -2.14. The van der Waals surface area contributed by atoms with Gasteiger partial charge >= 0.3 is 12.6 Å². The van der Waals surface area contributed by atoms with Gasteiger partial charge in [-0.3, -0.25) is 0 Å². The third-order valence-electron chi connectivity index (χ3n) is 4.23. The van der Waals surface area contributed by atoms with Crippen molar-refractivity contribution in [1.82, 2.24) is 5.32 Å². The minimum Gasteiger partial charge on any atom is -0.493 e. The van der Waals surface area contributed by atoms with E-state index in [4.69, 9.17) is 9.47 Å². The molecule has 0 spiro atoms. The number of urea groups is 1. The van der Waals surface area contributed by atoms with Gasteiger partial charge in [0.15, 0.2) is 11.5 Å². The molecule has 0 saturated heterocycles. The summed E-state index contributed by atoms with van der Waals surface area (Å²) in [7, 11) is 1.55. The van der Waals surface area contributed by atoms with Crippen molar-refractivity contribution < 1.29 is 27.8 Å². The summed E-state index contributed by atoms with van der Waals surface area (Å²) in [4.78, 5) is 12.2. The van der Waals surface area contributed by atoms with Gasteiger partial charge in [-0.15, -0.1) is 0 Å². The topological polar surface area (TPSA) is 68.8 Å². The van der Waals surface area contributed by atoms with Crippen LogP contribution in [0.5, 0.6) is 17.2 Å². The molecule has 2 aromatic rings. The van der Waals surface area contributed by atoms with Gasteiger partial charge in [-0.1, -0.05) is 32.0 Å². The average Bonchev–Trinajstić information content (AvgIpc) is 2.70. The highest BCUT2D eigenvalue weighted by Gasteiger charge is 2.11. The summed E-state index contributed by atoms with van der Waals surface area (Å²) in [6.07, 6.45) is 1.97. The molecule has 30 heavy (non-hydrogen) atoms. The number of nitrogens with one attached hydrogen (secondary N) is 2. The van der Waals surface area contributed by atoms with E-state index >= 15 is 0 Å². The first-order chi connectivity index (χ1) is 14.4. The Morgan fingerprint density at radius 1 is 1.07 bits per heavy atom. The highest BCUT2D eigenvalue weighted by atomic mass is 19.3. The molecule has 0 fully saturated rings. The van der Waals surface area contributed by atoms with E-state index in [9.17, 15) is 13.6 Å². The van der Waals surface area contributed by atoms with Crippen LogP contribution >= 0.6 is 0 Å². The number of rotatable bonds is 11. The molecule has 2 N–H and O–H groups in total. The maximum Gasteiger partial charge on any atom is 0.387 e. The second-order valence-corrected chi connectivity index (χ2v) is 7.04. The summed E-state index contributed by atoms with van der Waals surface area (Å²) in [5.74, 6) is 1.73. The largest absolute Gasteiger partial charge is 0.493 e. The fourth-order valence-electron chi connectivity index (χ4n) is 2.75. The normalized spacial score (nSPS) is 10.8. The Balaban J connectivity index is 1.94. The molecule has 0 atom stereocenters. The van der Waals surface area contributed by atoms with E-state index in [0.717, 1.165) is 12.8 Å². The SMILES string of the molecule is COc1ccc(NC(=O)NCc2ccccc2OC(F)F)cc1OCCCC(C)C. The quantitative estimate of drug-likeness (QED) is 0.474. The second kappa shape index (κ2) is 11.8. The fraction of sp³-hybridized carbons (Fsp3) is 0.409. The standard InChI is InChI=1S/C22H28F2N2O4/c1-15(2)7-6-12-29-20-13-17(10-11-19(20)28-3)26-22(27)25-14-16-8-4-5-9-18(16)30-21(23)24/h4-5,8-11,13,15,21H,6-7,12,14H2,1-3H3,(H2,25,26,27). The van der Waals surface area contributed by atoms with E-state index in [1.807, 2.05) is 0 Å². The number of halogens is 2. The van der Waals surface area contributed by atoms with Crippen molar-refractivity contribution in [2.45, 2.75) is 39.8 Å². The minimum atomic E-state index is -2.93. The third kappa shape index (κ3) is 7.77. The lowest BCUT2D eigenvalue weighted by molar-refractivity contribution is -0.0504. The zero-order chi connectivity index (χ0) is 21.9. The van der Waals surface area contributed by atoms with Gasteiger partial charge in [-0.05, 0) is 37.0 Å². The number of carbonyl (C=O) groups is 1. The number of amides is 2. The summed E-state index contributed by atoms with van der Waals surface area (Å²) in [5.41, 5.74) is 0.959. The zero-order valence-corrected chi connectivity index (χ0v) is 17.4. The zero-order valence-electron chi connectivity index (χ0n) is 17.4. The van der Waals surface area contributed by atoms with Crippen LogP contribution in [0.2, 0.25) is 0 Å². The monoisotopic (exact) mass is 422 g/mol. The number of alkyl halides is 2. The van der Waals surface area contributed by atoms with Crippen LogP contribution in [0, 0.1) is 5.92 Å². The Bertz CT molecular complexity index is 815. The van der Waals surface area contributed by atoms with Crippen LogP contribution in [0.15, 0.2) is 42.5 Å². The van der Waals surface area contributed by atoms with Crippen molar-refractivity contribution in [3.8, 4) is 17.2 Å². The lowest BCUT2D eigenvalue weighted by atomic mass is 10.1. The van der Waals surface area contributed by atoms with E-state index in [1.165, 1.54) is 6.07 Å². The van der Waals surface area contributed by atoms with Crippen molar-refractivity contribution in [3.05, 3.63) is 48.0 Å². The number of para-hydroxylation sites is 1. The Labute approximate surface area is 175 Å². The van der Waals surface area contributed by atoms with Crippen LogP contribution < -0.4 is 24.8 Å². The molecule has 164 valence electrons. The van der Waals surface area contributed by atoms with Gasteiger partial charge in [0.25, 0.3) is 0 Å². The Morgan fingerprint density at radius 2 is 1.83 bits per heavy atom. The maximum atomic E-state index is 12.5. The number of methoxy groups -OCH3 is 1. The first kappa shape index (κ1) is 23.3. The highest BCUT2D eigenvalue weighted by molar-refractivity contribution is 5.89. The van der Waals surface area contributed by atoms with Crippen LogP contribution in [-0.4, -0.2) is 26.4 Å². The first-order valence-corrected chi connectivity index (χ1v) is 9.77. The minimum absolute atomic E-state index is 0.0225. The number of anilines is 1. The van der Waals surface area contributed by atoms with Crippen molar-refractivity contribution in [2.24, 2.45) is 5.92 Å². The predicted molar refractivity (Wildman–Crippen MR) is 111 cm³/mol. The van der Waals surface area contributed by atoms with Gasteiger partial charge in [0.05, 0.1) is 13.7 Å². The lowest BCUT2D eigenvalue weighted by Crippen LogP contribution is -2.28. The molecule has 2 aromatic carbocycles. The molecule has 0 aromatic heterocycles. The van der Waals surface area contributed by atoms with Gasteiger partial charge in [-0.25, -0.2) is 4.79 Å². The number of hydrogen-bond donors (Lipinski definition) is 2. The summed E-state index contributed by atoms with van der Waals surface area (Å²) in [6.45, 7) is 1.95. The first-order valence-electron chi connectivity index (χ1n) is 9.77. The smallest absolute Gasteiger partial charge is 0.387 e. The molecule has 0 aliphatic rings. The van der Waals surface area contributed by atoms with E-state index in [2.05, 4.69) is 29.2 Å². The van der Waals surface area contributed by atoms with E-state index < -0.39 is 12.6 Å². The molecule has 0 radical (unpaired) electrons. The molecule has 0 heterocycles. The van der Waals surface area contributed by atoms with Crippen LogP contribution in [0.1, 0.15) is 32.3 Å². The third-order valence-corrected chi connectivity index (χ3v) is 4.23. The van der Waals surface area contributed by atoms with Crippen molar-refractivity contribution >= 4 is 11.7 Å². The Kier molecular flexibility index (Phi) is 9.18. The van der Waals surface area contributed by atoms with E-state index in [1.54, 1.807) is 43.5 Å². The van der Waals surface area contributed by atoms with Gasteiger partial charge in [-0.2, -0.15) is 8.78 Å². The summed E-state index contributed by atoms with van der Waals surface area (Å²) >= 11 is 0. The molecule has 0 saturated carbocycles. The van der Waals surface area contributed by atoms with Crippen molar-refractivity contribution in [2.75, 3.05) is 19.0 Å². The highest BCUT2D eigenvalue weighted by Crippen LogP contribution is 2.30. The van der Waals surface area contributed by atoms with Crippen LogP contribution in [0.4, 0.5) is 19.3 Å². The van der Waals surface area contributed by atoms with Crippen LogP contribution in [0.3, 0.4) is 0 Å². The Morgan fingerprint density at radius 3 is 2.53 bits per heavy atom. The number of carbonyl (C=O) groups excluding carboxylic acids is 1. The molecule has 0 bridgehead atoms. The molecule has 2 amide bonds. The maximum absolute atomic E-state index is 12.5. The number of ether oxygens (including phenoxy) is 3. The molecular weight excluding hydrogens is 394 g/mol. The molecular formula is C22H28F2N2O4. The van der Waals surface area contributed by atoms with Gasteiger partial charge < -0.3 is 24.8 Å². The summed E-state index contributed by atoms with van der Waals surface area (Å²) in [6, 6.07) is 10.9. The van der Waals surface area contributed by atoms with Crippen LogP contribution in [0.25, 0.3) is 0 Å². The van der Waals surface area contributed by atoms with E-state index in [0.29, 0.717) is 35.3 Å². The molecule has 0 unspecified atom stereocenters. The number of hydrogen-bond acceptors (Lipinski definition) is 4. The van der Waals surface area contributed by atoms with Crippen molar-refractivity contribution in [1.29, 1.82) is 0 Å². The molecule has 0 aliphatic heterocycles. The number of benzene rings is 2. The van der Waals surface area contributed by atoms with Gasteiger partial charge in [0.2, 0.25) is 0 Å².